The van der Waals surface area contributed by atoms with Gasteiger partial charge in [-0.15, -0.1) is 0 Å². The number of fused-ring (bicyclic) bond motifs is 1. The number of hydrogen-bond donors (Lipinski definition) is 0. The molecule has 2 rings (SSSR count). The molecule has 43 valence electrons. The smallest absolute Gasteiger partial charge is 0.0171 e. The Labute approximate surface area is 55.5 Å². The zero-order valence-electron chi connectivity index (χ0n) is 5.15. The molecule has 0 bridgehead atoms. The van der Waals surface area contributed by atoms with Gasteiger partial charge in [-0.3, -0.25) is 0 Å². The highest BCUT2D eigenvalue weighted by atomic mass is 14.1. The van der Waals surface area contributed by atoms with Crippen molar-refractivity contribution in [1.82, 2.24) is 0 Å². The van der Waals surface area contributed by atoms with Crippen LogP contribution in [0.2, 0.25) is 0 Å². The Balaban J connectivity index is 2.54. The Kier molecular flexibility index (Phi) is 1.05. The second kappa shape index (κ2) is 1.87. The molecule has 9 heavy (non-hydrogen) atoms. The summed E-state index contributed by atoms with van der Waals surface area (Å²) in [6, 6.07) is 9.12. The van der Waals surface area contributed by atoms with Crippen molar-refractivity contribution in [2.45, 2.75) is 12.8 Å². The molecule has 0 N–H and O–H groups in total. The van der Waals surface area contributed by atoms with Crippen molar-refractivity contribution in [1.29, 1.82) is 0 Å². The SMILES string of the molecule is [C]1CCc2cc[c]cc21. The topological polar surface area (TPSA) is 0 Å². The van der Waals surface area contributed by atoms with Crippen LogP contribution in [0.3, 0.4) is 0 Å². The third kappa shape index (κ3) is 0.748. The average Bonchev–Trinajstić information content (AvgIpc) is 2.33. The van der Waals surface area contributed by atoms with Crippen molar-refractivity contribution in [3.05, 3.63) is 41.8 Å². The van der Waals surface area contributed by atoms with E-state index in [1.807, 2.05) is 12.1 Å². The van der Waals surface area contributed by atoms with Crippen molar-refractivity contribution >= 4 is 0 Å². The van der Waals surface area contributed by atoms with Gasteiger partial charge in [0.2, 0.25) is 0 Å². The van der Waals surface area contributed by atoms with Gasteiger partial charge in [0.15, 0.2) is 0 Å². The van der Waals surface area contributed by atoms with E-state index in [0.29, 0.717) is 0 Å². The molecule has 0 nitrogen and oxygen atoms in total. The minimum absolute atomic E-state index is 1.09. The minimum Gasteiger partial charge on any atom is -0.0581 e. The van der Waals surface area contributed by atoms with E-state index in [1.165, 1.54) is 17.5 Å². The molecule has 0 spiro atoms. The second-order valence-electron chi connectivity index (χ2n) is 2.26. The van der Waals surface area contributed by atoms with Gasteiger partial charge in [-0.25, -0.2) is 0 Å². The summed E-state index contributed by atoms with van der Waals surface area (Å²) >= 11 is 0. The van der Waals surface area contributed by atoms with E-state index in [0.717, 1.165) is 6.42 Å². The zero-order valence-corrected chi connectivity index (χ0v) is 5.15. The Morgan fingerprint density at radius 1 is 1.44 bits per heavy atom. The number of rotatable bonds is 0. The largest absolute Gasteiger partial charge is 0.0581 e. The predicted octanol–water partition coefficient (Wildman–Crippen LogP) is 1.86. The van der Waals surface area contributed by atoms with Gasteiger partial charge in [0.1, 0.15) is 0 Å². The third-order valence-electron chi connectivity index (χ3n) is 1.66. The highest BCUT2D eigenvalue weighted by molar-refractivity contribution is 5.36. The van der Waals surface area contributed by atoms with Crippen LogP contribution in [-0.2, 0) is 6.42 Å². The lowest BCUT2D eigenvalue weighted by atomic mass is 10.1. The minimum atomic E-state index is 1.09. The van der Waals surface area contributed by atoms with Gasteiger partial charge in [0.05, 0.1) is 0 Å². The molecule has 0 heteroatoms. The van der Waals surface area contributed by atoms with Gasteiger partial charge < -0.3 is 0 Å². The van der Waals surface area contributed by atoms with Crippen LogP contribution in [0.1, 0.15) is 17.5 Å². The Bertz CT molecular complexity index is 190. The van der Waals surface area contributed by atoms with Crippen LogP contribution >= 0.6 is 0 Å². The van der Waals surface area contributed by atoms with E-state index < -0.39 is 0 Å². The number of aryl methyl sites for hydroxylation is 1. The standard InChI is InChI=1S/C9H7/c1-2-5-9-7-3-6-8(9)4-1/h1,4-5H,3,6H2. The van der Waals surface area contributed by atoms with Gasteiger partial charge >= 0.3 is 0 Å². The van der Waals surface area contributed by atoms with Crippen molar-refractivity contribution in [3.8, 4) is 0 Å². The lowest BCUT2D eigenvalue weighted by Gasteiger charge is -1.92. The molecule has 0 saturated carbocycles. The van der Waals surface area contributed by atoms with Gasteiger partial charge in [-0.1, -0.05) is 18.2 Å². The van der Waals surface area contributed by atoms with Crippen LogP contribution in [0.15, 0.2) is 18.2 Å². The van der Waals surface area contributed by atoms with E-state index in [9.17, 15) is 0 Å². The van der Waals surface area contributed by atoms with Crippen molar-refractivity contribution < 1.29 is 0 Å². The molecule has 0 aliphatic heterocycles. The zero-order chi connectivity index (χ0) is 6.10. The molecular weight excluding hydrogens is 108 g/mol. The maximum atomic E-state index is 3.27. The lowest BCUT2D eigenvalue weighted by molar-refractivity contribution is 1.03. The monoisotopic (exact) mass is 115 g/mol. The van der Waals surface area contributed by atoms with Crippen LogP contribution in [0.25, 0.3) is 0 Å². The van der Waals surface area contributed by atoms with Crippen LogP contribution < -0.4 is 0 Å². The summed E-state index contributed by atoms with van der Waals surface area (Å²) in [6.45, 7) is 0. The molecule has 0 saturated heterocycles. The second-order valence-corrected chi connectivity index (χ2v) is 2.26. The summed E-state index contributed by atoms with van der Waals surface area (Å²) in [6.07, 6.45) is 5.53. The van der Waals surface area contributed by atoms with Crippen LogP contribution in [-0.4, -0.2) is 0 Å². The fourth-order valence-electron chi connectivity index (χ4n) is 1.18. The molecule has 0 fully saturated rings. The van der Waals surface area contributed by atoms with Crippen molar-refractivity contribution in [2.24, 2.45) is 0 Å². The summed E-state index contributed by atoms with van der Waals surface area (Å²) in [5.41, 5.74) is 2.69. The molecule has 0 amide bonds. The summed E-state index contributed by atoms with van der Waals surface area (Å²) in [7, 11) is 0. The number of benzene rings is 1. The van der Waals surface area contributed by atoms with E-state index >= 15 is 0 Å². The quantitative estimate of drug-likeness (QED) is 0.484. The van der Waals surface area contributed by atoms with Gasteiger partial charge in [0.25, 0.3) is 0 Å². The first-order chi connectivity index (χ1) is 4.47. The first-order valence-corrected chi connectivity index (χ1v) is 3.20. The molecule has 1 aromatic rings. The van der Waals surface area contributed by atoms with Crippen molar-refractivity contribution in [2.75, 3.05) is 0 Å². The lowest BCUT2D eigenvalue weighted by Crippen LogP contribution is -1.76. The van der Waals surface area contributed by atoms with E-state index in [4.69, 9.17) is 0 Å². The normalized spacial score (nSPS) is 15.6. The summed E-state index contributed by atoms with van der Waals surface area (Å²) in [4.78, 5) is 0. The Hall–Kier alpha value is -0.780. The van der Waals surface area contributed by atoms with Crippen LogP contribution in [0.5, 0.6) is 0 Å². The highest BCUT2D eigenvalue weighted by Crippen LogP contribution is 2.21. The number of hydrogen-bond acceptors (Lipinski definition) is 0. The molecule has 1 aliphatic carbocycles. The molecular formula is C9H7. The molecule has 1 aromatic carbocycles. The van der Waals surface area contributed by atoms with Gasteiger partial charge in [-0.05, 0) is 30.0 Å². The highest BCUT2D eigenvalue weighted by Gasteiger charge is 2.08. The Morgan fingerprint density at radius 3 is 3.33 bits per heavy atom. The molecule has 1 aliphatic rings. The van der Waals surface area contributed by atoms with Gasteiger partial charge in [0, 0.05) is 6.42 Å². The van der Waals surface area contributed by atoms with Crippen molar-refractivity contribution in [3.63, 3.8) is 0 Å². The fraction of sp³-hybridized carbons (Fsp3) is 0.222. The first-order valence-electron chi connectivity index (χ1n) is 3.20. The van der Waals surface area contributed by atoms with Crippen LogP contribution in [0, 0.1) is 12.5 Å². The first kappa shape index (κ1) is 5.04. The fourth-order valence-corrected chi connectivity index (χ4v) is 1.18. The Morgan fingerprint density at radius 2 is 2.44 bits per heavy atom. The predicted molar refractivity (Wildman–Crippen MR) is 35.9 cm³/mol. The van der Waals surface area contributed by atoms with E-state index in [-0.39, 0.29) is 0 Å². The molecule has 0 atom stereocenters. The summed E-state index contributed by atoms with van der Waals surface area (Å²) < 4.78 is 0. The molecule has 0 unspecified atom stereocenters. The van der Waals surface area contributed by atoms with Gasteiger partial charge in [-0.2, -0.15) is 0 Å². The summed E-state index contributed by atoms with van der Waals surface area (Å²) in [5, 5.41) is 0. The molecule has 3 radical (unpaired) electrons. The maximum Gasteiger partial charge on any atom is 0.0171 e. The summed E-state index contributed by atoms with van der Waals surface area (Å²) in [5.74, 6) is 0. The maximum absolute atomic E-state index is 3.27. The molecule has 0 aromatic heterocycles. The van der Waals surface area contributed by atoms with Crippen LogP contribution in [0.4, 0.5) is 0 Å². The van der Waals surface area contributed by atoms with E-state index in [2.05, 4.69) is 18.6 Å². The third-order valence-corrected chi connectivity index (χ3v) is 1.66. The van der Waals surface area contributed by atoms with E-state index in [1.54, 1.807) is 0 Å². The average molecular weight is 115 g/mol. The molecule has 0 heterocycles.